The number of nitrogens with one attached hydrogen (secondary N) is 2. The highest BCUT2D eigenvalue weighted by Crippen LogP contribution is 2.25. The minimum Gasteiger partial charge on any atom is -0.357 e. The maximum atomic E-state index is 13.6. The fourth-order valence-electron chi connectivity index (χ4n) is 2.38. The first kappa shape index (κ1) is 20.5. The van der Waals surface area contributed by atoms with Gasteiger partial charge in [-0.15, -0.1) is 24.0 Å². The van der Waals surface area contributed by atoms with Crippen LogP contribution in [0.3, 0.4) is 0 Å². The van der Waals surface area contributed by atoms with Crippen molar-refractivity contribution in [2.24, 2.45) is 4.99 Å². The van der Waals surface area contributed by atoms with Crippen LogP contribution >= 0.6 is 35.7 Å². The monoisotopic (exact) mass is 455 g/mol. The molecule has 1 aliphatic heterocycles. The van der Waals surface area contributed by atoms with Crippen molar-refractivity contribution < 1.29 is 8.78 Å². The van der Waals surface area contributed by atoms with Crippen LogP contribution in [0.15, 0.2) is 23.2 Å². The van der Waals surface area contributed by atoms with Gasteiger partial charge in [-0.1, -0.05) is 12.1 Å². The molecule has 1 saturated heterocycles. The maximum Gasteiger partial charge on any atom is 0.191 e. The lowest BCUT2D eigenvalue weighted by molar-refractivity contribution is 0.498. The van der Waals surface area contributed by atoms with Crippen molar-refractivity contribution in [2.45, 2.75) is 31.4 Å². The Morgan fingerprint density at radius 2 is 2.17 bits per heavy atom. The third-order valence-corrected chi connectivity index (χ3v) is 4.92. The molecule has 1 aliphatic rings. The highest BCUT2D eigenvalue weighted by Gasteiger charge is 2.15. The van der Waals surface area contributed by atoms with Crippen LogP contribution in [-0.4, -0.2) is 36.6 Å². The zero-order valence-corrected chi connectivity index (χ0v) is 16.4. The minimum atomic E-state index is -0.795. The topological polar surface area (TPSA) is 36.4 Å². The Morgan fingerprint density at radius 3 is 2.87 bits per heavy atom. The van der Waals surface area contributed by atoms with Gasteiger partial charge < -0.3 is 10.6 Å². The van der Waals surface area contributed by atoms with E-state index in [4.69, 9.17) is 0 Å². The number of thioether (sulfide) groups is 1. The number of rotatable bonds is 6. The normalized spacial score (nSPS) is 17.7. The Labute approximate surface area is 158 Å². The molecule has 0 bridgehead atoms. The van der Waals surface area contributed by atoms with Crippen molar-refractivity contribution in [3.63, 3.8) is 0 Å². The van der Waals surface area contributed by atoms with Gasteiger partial charge in [0.25, 0.3) is 0 Å². The highest BCUT2D eigenvalue weighted by molar-refractivity contribution is 14.0. The van der Waals surface area contributed by atoms with Gasteiger partial charge in [0.05, 0.1) is 6.54 Å². The van der Waals surface area contributed by atoms with Crippen molar-refractivity contribution in [1.82, 2.24) is 10.6 Å². The predicted molar refractivity (Wildman–Crippen MR) is 105 cm³/mol. The second kappa shape index (κ2) is 11.1. The Morgan fingerprint density at radius 1 is 1.35 bits per heavy atom. The molecular weight excluding hydrogens is 431 g/mol. The summed E-state index contributed by atoms with van der Waals surface area (Å²) in [6, 6.07) is 4.28. The van der Waals surface area contributed by atoms with Gasteiger partial charge in [0.1, 0.15) is 0 Å². The van der Waals surface area contributed by atoms with E-state index in [1.54, 1.807) is 6.07 Å². The van der Waals surface area contributed by atoms with E-state index in [1.165, 1.54) is 24.7 Å². The Balaban J connectivity index is 0.00000264. The summed E-state index contributed by atoms with van der Waals surface area (Å²) in [6.45, 7) is 4.10. The number of benzene rings is 1. The standard InChI is InChI=1S/C16H23F2N3S.HI/c1-2-19-16(21-11-13-6-4-10-22-13)20-9-8-12-5-3-7-14(17)15(12)18;/h3,5,7,13H,2,4,6,8-11H2,1H3,(H2,19,20,21);1H. The molecule has 1 fully saturated rings. The van der Waals surface area contributed by atoms with Crippen LogP contribution in [0.5, 0.6) is 0 Å². The maximum absolute atomic E-state index is 13.6. The number of halogens is 3. The SMILES string of the molecule is CCNC(=NCC1CCCS1)NCCc1cccc(F)c1F.I. The molecule has 23 heavy (non-hydrogen) atoms. The fraction of sp³-hybridized carbons (Fsp3) is 0.562. The predicted octanol–water partition coefficient (Wildman–Crippen LogP) is 3.58. The molecule has 1 heterocycles. The summed E-state index contributed by atoms with van der Waals surface area (Å²) in [5, 5.41) is 6.97. The zero-order valence-electron chi connectivity index (χ0n) is 13.3. The van der Waals surface area contributed by atoms with E-state index in [0.717, 1.165) is 25.1 Å². The lowest BCUT2D eigenvalue weighted by atomic mass is 10.1. The molecule has 1 aromatic carbocycles. The summed E-state index contributed by atoms with van der Waals surface area (Å²) >= 11 is 1.97. The van der Waals surface area contributed by atoms with Crippen LogP contribution in [0.1, 0.15) is 25.3 Å². The molecule has 2 rings (SSSR count). The molecule has 0 amide bonds. The zero-order chi connectivity index (χ0) is 15.8. The van der Waals surface area contributed by atoms with Crippen LogP contribution in [-0.2, 0) is 6.42 Å². The van der Waals surface area contributed by atoms with Crippen LogP contribution in [0.4, 0.5) is 8.78 Å². The highest BCUT2D eigenvalue weighted by atomic mass is 127. The molecule has 0 aliphatic carbocycles. The second-order valence-corrected chi connectivity index (χ2v) is 6.65. The van der Waals surface area contributed by atoms with E-state index in [-0.39, 0.29) is 24.0 Å². The van der Waals surface area contributed by atoms with Crippen molar-refractivity contribution in [2.75, 3.05) is 25.4 Å². The van der Waals surface area contributed by atoms with E-state index >= 15 is 0 Å². The Bertz CT molecular complexity index is 508. The van der Waals surface area contributed by atoms with E-state index < -0.39 is 11.6 Å². The lowest BCUT2D eigenvalue weighted by Crippen LogP contribution is -2.38. The molecule has 0 saturated carbocycles. The summed E-state index contributed by atoms with van der Waals surface area (Å²) in [7, 11) is 0. The molecule has 130 valence electrons. The van der Waals surface area contributed by atoms with Gasteiger partial charge in [0.2, 0.25) is 0 Å². The van der Waals surface area contributed by atoms with Crippen LogP contribution in [0, 0.1) is 11.6 Å². The molecule has 0 spiro atoms. The first-order valence-corrected chi connectivity index (χ1v) is 8.82. The van der Waals surface area contributed by atoms with Crippen LogP contribution in [0.2, 0.25) is 0 Å². The average molecular weight is 455 g/mol. The van der Waals surface area contributed by atoms with Gasteiger partial charge in [0.15, 0.2) is 17.6 Å². The fourth-order valence-corrected chi connectivity index (χ4v) is 3.56. The molecule has 1 atom stereocenters. The molecular formula is C16H24F2IN3S. The van der Waals surface area contributed by atoms with Crippen LogP contribution in [0.25, 0.3) is 0 Å². The lowest BCUT2D eigenvalue weighted by Gasteiger charge is -2.13. The van der Waals surface area contributed by atoms with E-state index in [1.807, 2.05) is 18.7 Å². The molecule has 1 unspecified atom stereocenters. The molecule has 0 aromatic heterocycles. The molecule has 7 heteroatoms. The van der Waals surface area contributed by atoms with Crippen LogP contribution < -0.4 is 10.6 Å². The van der Waals surface area contributed by atoms with Crippen molar-refractivity contribution in [1.29, 1.82) is 0 Å². The minimum absolute atomic E-state index is 0. The number of guanidine groups is 1. The van der Waals surface area contributed by atoms with Gasteiger partial charge >= 0.3 is 0 Å². The van der Waals surface area contributed by atoms with Gasteiger partial charge in [0, 0.05) is 18.3 Å². The summed E-state index contributed by atoms with van der Waals surface area (Å²) in [5.41, 5.74) is 0.384. The smallest absolute Gasteiger partial charge is 0.191 e. The summed E-state index contributed by atoms with van der Waals surface area (Å²) in [5.74, 6) is 0.417. The molecule has 2 N–H and O–H groups in total. The third kappa shape index (κ3) is 6.82. The summed E-state index contributed by atoms with van der Waals surface area (Å²) in [6.07, 6.45) is 2.92. The molecule has 1 aromatic rings. The number of aliphatic imine (C=N–C) groups is 1. The second-order valence-electron chi connectivity index (χ2n) is 5.24. The third-order valence-electron chi connectivity index (χ3n) is 3.54. The Kier molecular flexibility index (Phi) is 9.85. The first-order chi connectivity index (χ1) is 10.7. The average Bonchev–Trinajstić information content (AvgIpc) is 3.02. The summed E-state index contributed by atoms with van der Waals surface area (Å²) < 4.78 is 26.7. The van der Waals surface area contributed by atoms with E-state index in [2.05, 4.69) is 15.6 Å². The van der Waals surface area contributed by atoms with Crippen molar-refractivity contribution in [3.8, 4) is 0 Å². The number of hydrogen-bond acceptors (Lipinski definition) is 2. The molecule has 0 radical (unpaired) electrons. The molecule has 3 nitrogen and oxygen atoms in total. The summed E-state index contributed by atoms with van der Waals surface area (Å²) in [4.78, 5) is 4.57. The quantitative estimate of drug-likeness (QED) is 0.391. The van der Waals surface area contributed by atoms with Gasteiger partial charge in [-0.05, 0) is 43.6 Å². The van der Waals surface area contributed by atoms with Crippen molar-refractivity contribution >= 4 is 41.7 Å². The van der Waals surface area contributed by atoms with Gasteiger partial charge in [-0.25, -0.2) is 8.78 Å². The number of nitrogens with zero attached hydrogens (tertiary/aromatic N) is 1. The Hall–Kier alpha value is -0.570. The number of hydrogen-bond donors (Lipinski definition) is 2. The van der Waals surface area contributed by atoms with Gasteiger partial charge in [-0.2, -0.15) is 11.8 Å². The van der Waals surface area contributed by atoms with Crippen molar-refractivity contribution in [3.05, 3.63) is 35.4 Å². The van der Waals surface area contributed by atoms with Gasteiger partial charge in [-0.3, -0.25) is 4.99 Å². The largest absolute Gasteiger partial charge is 0.357 e. The van der Waals surface area contributed by atoms with E-state index in [0.29, 0.717) is 23.8 Å². The first-order valence-electron chi connectivity index (χ1n) is 7.77. The van der Waals surface area contributed by atoms with E-state index in [9.17, 15) is 8.78 Å².